The number of carbonyl (C=O) groups is 3. The zero-order chi connectivity index (χ0) is 29.7. The number of hydrogen-bond donors (Lipinski definition) is 1. The van der Waals surface area contributed by atoms with Crippen LogP contribution in [0.15, 0.2) is 59.5 Å². The van der Waals surface area contributed by atoms with E-state index >= 15 is 0 Å². The first kappa shape index (κ1) is 30.2. The molecule has 0 unspecified atom stereocenters. The molecular formula is C29H33N3O7S2. The second-order valence-corrected chi connectivity index (χ2v) is 12.7. The summed E-state index contributed by atoms with van der Waals surface area (Å²) in [6.45, 7) is 6.45. The average molecular weight is 600 g/mol. The molecule has 218 valence electrons. The standard InChI is InChI=1S/C29H33N3O7S2/c1-5-39-29(35)31-16-15-23-24(18-31)40-27(25(23)28(34)38-4)30-26(33)21-11-13-22(14-12-21)41(36,37)32(19(2)3)17-20-9-7-6-8-10-20/h6-14,19H,5,15-18H2,1-4H3,(H,30,33). The number of fused-ring (bicyclic) bond motifs is 1. The SMILES string of the molecule is CCOC(=O)N1CCc2c(sc(NC(=O)c3ccc(S(=O)(=O)N(Cc4ccccc4)C(C)C)cc3)c2C(=O)OC)C1. The number of nitrogens with one attached hydrogen (secondary N) is 1. The molecular weight excluding hydrogens is 566 g/mol. The Morgan fingerprint density at radius 1 is 1.07 bits per heavy atom. The number of esters is 1. The molecule has 10 nitrogen and oxygen atoms in total. The molecule has 0 bridgehead atoms. The highest BCUT2D eigenvalue weighted by molar-refractivity contribution is 7.89. The fraction of sp³-hybridized carbons (Fsp3) is 0.345. The average Bonchev–Trinajstić information content (AvgIpc) is 3.32. The van der Waals surface area contributed by atoms with Crippen molar-refractivity contribution in [3.8, 4) is 0 Å². The van der Waals surface area contributed by atoms with Gasteiger partial charge in [0.15, 0.2) is 0 Å². The number of hydrogen-bond acceptors (Lipinski definition) is 8. The third-order valence-corrected chi connectivity index (χ3v) is 9.85. The smallest absolute Gasteiger partial charge is 0.410 e. The highest BCUT2D eigenvalue weighted by Gasteiger charge is 2.32. The van der Waals surface area contributed by atoms with Crippen LogP contribution in [-0.2, 0) is 39.0 Å². The van der Waals surface area contributed by atoms with Gasteiger partial charge in [-0.3, -0.25) is 4.79 Å². The summed E-state index contributed by atoms with van der Waals surface area (Å²) >= 11 is 1.20. The van der Waals surface area contributed by atoms with E-state index in [1.807, 2.05) is 44.2 Å². The maximum atomic E-state index is 13.5. The van der Waals surface area contributed by atoms with Crippen molar-refractivity contribution >= 4 is 44.3 Å². The first-order chi connectivity index (χ1) is 19.6. The molecule has 3 aromatic rings. The van der Waals surface area contributed by atoms with Gasteiger partial charge in [0.1, 0.15) is 5.00 Å². The Morgan fingerprint density at radius 2 is 1.76 bits per heavy atom. The van der Waals surface area contributed by atoms with Crippen LogP contribution in [0.3, 0.4) is 0 Å². The van der Waals surface area contributed by atoms with E-state index in [4.69, 9.17) is 9.47 Å². The normalized spacial score (nSPS) is 13.2. The summed E-state index contributed by atoms with van der Waals surface area (Å²) in [4.78, 5) is 40.5. The molecule has 1 aliphatic rings. The van der Waals surface area contributed by atoms with E-state index in [9.17, 15) is 22.8 Å². The topological polar surface area (TPSA) is 122 Å². The van der Waals surface area contributed by atoms with Gasteiger partial charge < -0.3 is 19.7 Å². The molecule has 0 radical (unpaired) electrons. The Bertz CT molecular complexity index is 1520. The van der Waals surface area contributed by atoms with E-state index in [2.05, 4.69) is 5.32 Å². The fourth-order valence-electron chi connectivity index (χ4n) is 4.58. The lowest BCUT2D eigenvalue weighted by molar-refractivity contribution is 0.0600. The summed E-state index contributed by atoms with van der Waals surface area (Å²) in [7, 11) is -2.57. The summed E-state index contributed by atoms with van der Waals surface area (Å²) in [6, 6.07) is 14.7. The molecule has 2 heterocycles. The van der Waals surface area contributed by atoms with Crippen LogP contribution in [0.1, 0.15) is 57.5 Å². The monoisotopic (exact) mass is 599 g/mol. The number of rotatable bonds is 9. The van der Waals surface area contributed by atoms with E-state index in [-0.39, 0.29) is 41.8 Å². The van der Waals surface area contributed by atoms with Crippen molar-refractivity contribution in [2.24, 2.45) is 0 Å². The second-order valence-electron chi connectivity index (χ2n) is 9.68. The number of anilines is 1. The molecule has 4 rings (SSSR count). The summed E-state index contributed by atoms with van der Waals surface area (Å²) in [5, 5.41) is 3.09. The minimum Gasteiger partial charge on any atom is -0.465 e. The van der Waals surface area contributed by atoms with Gasteiger partial charge in [0.2, 0.25) is 10.0 Å². The lowest BCUT2D eigenvalue weighted by Gasteiger charge is -2.26. The van der Waals surface area contributed by atoms with Crippen LogP contribution in [0.4, 0.5) is 9.80 Å². The van der Waals surface area contributed by atoms with Gasteiger partial charge in [0.05, 0.1) is 30.7 Å². The zero-order valence-corrected chi connectivity index (χ0v) is 25.0. The van der Waals surface area contributed by atoms with E-state index in [1.54, 1.807) is 11.8 Å². The van der Waals surface area contributed by atoms with Crippen LogP contribution < -0.4 is 5.32 Å². The zero-order valence-electron chi connectivity index (χ0n) is 23.4. The predicted octanol–water partition coefficient (Wildman–Crippen LogP) is 4.90. The van der Waals surface area contributed by atoms with Gasteiger partial charge in [-0.25, -0.2) is 18.0 Å². The Labute approximate surface area is 243 Å². The molecule has 1 N–H and O–H groups in total. The maximum Gasteiger partial charge on any atom is 0.410 e. The number of nitrogens with zero attached hydrogens (tertiary/aromatic N) is 2. The van der Waals surface area contributed by atoms with Gasteiger partial charge >= 0.3 is 12.1 Å². The summed E-state index contributed by atoms with van der Waals surface area (Å²) in [5.41, 5.74) is 2.08. The number of ether oxygens (including phenoxy) is 2. The first-order valence-corrected chi connectivity index (χ1v) is 15.4. The highest BCUT2D eigenvalue weighted by atomic mass is 32.2. The molecule has 1 aromatic heterocycles. The molecule has 2 aromatic carbocycles. The lowest BCUT2D eigenvalue weighted by atomic mass is 10.0. The highest BCUT2D eigenvalue weighted by Crippen LogP contribution is 2.38. The Balaban J connectivity index is 1.55. The summed E-state index contributed by atoms with van der Waals surface area (Å²) < 4.78 is 38.4. The van der Waals surface area contributed by atoms with Gasteiger partial charge in [-0.05, 0) is 62.6 Å². The summed E-state index contributed by atoms with van der Waals surface area (Å²) in [6.07, 6.45) is -0.0288. The Hall–Kier alpha value is -3.74. The molecule has 0 atom stereocenters. The van der Waals surface area contributed by atoms with Crippen molar-refractivity contribution in [3.63, 3.8) is 0 Å². The predicted molar refractivity (Wildman–Crippen MR) is 155 cm³/mol. The second kappa shape index (κ2) is 12.8. The number of benzene rings is 2. The van der Waals surface area contributed by atoms with Crippen LogP contribution in [0.2, 0.25) is 0 Å². The molecule has 0 aliphatic carbocycles. The quantitative estimate of drug-likeness (QED) is 0.347. The van der Waals surface area contributed by atoms with Crippen molar-refractivity contribution in [1.29, 1.82) is 0 Å². The third-order valence-electron chi connectivity index (χ3n) is 6.68. The third kappa shape index (κ3) is 6.61. The number of methoxy groups -OCH3 is 1. The van der Waals surface area contributed by atoms with Crippen molar-refractivity contribution in [1.82, 2.24) is 9.21 Å². The van der Waals surface area contributed by atoms with Crippen molar-refractivity contribution < 1.29 is 32.3 Å². The minimum atomic E-state index is -3.84. The molecule has 0 spiro atoms. The van der Waals surface area contributed by atoms with Crippen LogP contribution >= 0.6 is 11.3 Å². The van der Waals surface area contributed by atoms with Gasteiger partial charge in [0.25, 0.3) is 5.91 Å². The molecule has 41 heavy (non-hydrogen) atoms. The minimum absolute atomic E-state index is 0.0691. The van der Waals surface area contributed by atoms with E-state index in [0.717, 1.165) is 16.0 Å². The van der Waals surface area contributed by atoms with Gasteiger partial charge in [-0.15, -0.1) is 11.3 Å². The molecule has 1 aliphatic heterocycles. The maximum absolute atomic E-state index is 13.5. The number of amides is 2. The number of carbonyl (C=O) groups excluding carboxylic acids is 3. The van der Waals surface area contributed by atoms with Gasteiger partial charge in [-0.1, -0.05) is 30.3 Å². The van der Waals surface area contributed by atoms with Crippen LogP contribution in [-0.4, -0.2) is 61.9 Å². The molecule has 0 fully saturated rings. The van der Waals surface area contributed by atoms with Crippen molar-refractivity contribution in [2.75, 3.05) is 25.6 Å². The van der Waals surface area contributed by atoms with Crippen molar-refractivity contribution in [3.05, 3.63) is 81.7 Å². The molecule has 0 saturated carbocycles. The number of sulfonamides is 1. The first-order valence-electron chi connectivity index (χ1n) is 13.2. The van der Waals surface area contributed by atoms with Crippen LogP contribution in [0, 0.1) is 0 Å². The lowest BCUT2D eigenvalue weighted by Crippen LogP contribution is -2.36. The molecule has 0 saturated heterocycles. The molecule has 2 amide bonds. The number of thiophene rings is 1. The largest absolute Gasteiger partial charge is 0.465 e. The van der Waals surface area contributed by atoms with E-state index in [0.29, 0.717) is 18.0 Å². The van der Waals surface area contributed by atoms with E-state index < -0.39 is 28.0 Å². The Morgan fingerprint density at radius 3 is 2.37 bits per heavy atom. The Kier molecular flexibility index (Phi) is 9.46. The van der Waals surface area contributed by atoms with Crippen LogP contribution in [0.5, 0.6) is 0 Å². The fourth-order valence-corrected chi connectivity index (χ4v) is 7.45. The van der Waals surface area contributed by atoms with Gasteiger partial charge in [0, 0.05) is 29.6 Å². The van der Waals surface area contributed by atoms with Crippen molar-refractivity contribution in [2.45, 2.75) is 51.2 Å². The van der Waals surface area contributed by atoms with Gasteiger partial charge in [-0.2, -0.15) is 4.31 Å². The van der Waals surface area contributed by atoms with E-state index in [1.165, 1.54) is 47.0 Å². The summed E-state index contributed by atoms with van der Waals surface area (Å²) in [5.74, 6) is -1.10. The van der Waals surface area contributed by atoms with Crippen LogP contribution in [0.25, 0.3) is 0 Å². The molecule has 12 heteroatoms.